The smallest absolute Gasteiger partial charge is 0.0727 e. The molecule has 0 N–H and O–H groups in total. The molecule has 0 saturated carbocycles. The van der Waals surface area contributed by atoms with Crippen LogP contribution in [0.25, 0.3) is 0 Å². The molecule has 0 aromatic heterocycles. The summed E-state index contributed by atoms with van der Waals surface area (Å²) in [7, 11) is 0. The van der Waals surface area contributed by atoms with Crippen LogP contribution in [0.1, 0.15) is 51.0 Å². The maximum absolute atomic E-state index is 9.35. The average molecular weight is 293 g/mol. The SMILES string of the molecule is CCCN(CCC)CCCC(C#N)c1ccccc1Cl. The third-order valence-corrected chi connectivity index (χ3v) is 3.83. The summed E-state index contributed by atoms with van der Waals surface area (Å²) in [6.07, 6.45) is 4.30. The zero-order chi connectivity index (χ0) is 14.8. The topological polar surface area (TPSA) is 27.0 Å². The lowest BCUT2D eigenvalue weighted by Crippen LogP contribution is -2.26. The summed E-state index contributed by atoms with van der Waals surface area (Å²) < 4.78 is 0. The van der Waals surface area contributed by atoms with Gasteiger partial charge in [-0.15, -0.1) is 0 Å². The van der Waals surface area contributed by atoms with E-state index in [1.54, 1.807) is 0 Å². The number of hydrogen-bond donors (Lipinski definition) is 0. The molecule has 1 atom stereocenters. The number of rotatable bonds is 9. The largest absolute Gasteiger partial charge is 0.303 e. The average Bonchev–Trinajstić information content (AvgIpc) is 2.45. The Morgan fingerprint density at radius 1 is 1.15 bits per heavy atom. The van der Waals surface area contributed by atoms with E-state index in [4.69, 9.17) is 11.6 Å². The van der Waals surface area contributed by atoms with E-state index >= 15 is 0 Å². The predicted molar refractivity (Wildman–Crippen MR) is 86.1 cm³/mol. The van der Waals surface area contributed by atoms with Crippen molar-refractivity contribution >= 4 is 11.6 Å². The van der Waals surface area contributed by atoms with Crippen molar-refractivity contribution in [3.05, 3.63) is 34.9 Å². The Kier molecular flexibility index (Phi) is 8.34. The van der Waals surface area contributed by atoms with Gasteiger partial charge in [0.15, 0.2) is 0 Å². The van der Waals surface area contributed by atoms with Crippen molar-refractivity contribution in [1.29, 1.82) is 5.26 Å². The summed E-state index contributed by atoms with van der Waals surface area (Å²) in [6.45, 7) is 7.80. The molecular formula is C17H25ClN2. The third kappa shape index (κ3) is 5.53. The van der Waals surface area contributed by atoms with Gasteiger partial charge >= 0.3 is 0 Å². The molecule has 1 rings (SSSR count). The van der Waals surface area contributed by atoms with Crippen LogP contribution in [-0.4, -0.2) is 24.5 Å². The van der Waals surface area contributed by atoms with E-state index in [-0.39, 0.29) is 5.92 Å². The van der Waals surface area contributed by atoms with Gasteiger partial charge in [-0.3, -0.25) is 0 Å². The van der Waals surface area contributed by atoms with Crippen molar-refractivity contribution < 1.29 is 0 Å². The molecule has 0 bridgehead atoms. The first-order chi connectivity index (χ1) is 9.72. The van der Waals surface area contributed by atoms with Gasteiger partial charge in [0.1, 0.15) is 0 Å². The molecule has 2 nitrogen and oxygen atoms in total. The monoisotopic (exact) mass is 292 g/mol. The van der Waals surface area contributed by atoms with Gasteiger partial charge in [-0.1, -0.05) is 43.6 Å². The summed E-state index contributed by atoms with van der Waals surface area (Å²) in [5.41, 5.74) is 0.967. The van der Waals surface area contributed by atoms with Gasteiger partial charge in [0, 0.05) is 5.02 Å². The van der Waals surface area contributed by atoms with Crippen LogP contribution in [0, 0.1) is 11.3 Å². The molecule has 20 heavy (non-hydrogen) atoms. The molecule has 0 fully saturated rings. The van der Waals surface area contributed by atoms with Crippen molar-refractivity contribution in [3.8, 4) is 6.07 Å². The predicted octanol–water partition coefficient (Wildman–Crippen LogP) is 4.85. The zero-order valence-electron chi connectivity index (χ0n) is 12.6. The van der Waals surface area contributed by atoms with Gasteiger partial charge in [0.05, 0.1) is 12.0 Å². The van der Waals surface area contributed by atoms with Gasteiger partial charge in [-0.05, 0) is 56.9 Å². The highest BCUT2D eigenvalue weighted by atomic mass is 35.5. The second-order valence-corrected chi connectivity index (χ2v) is 5.59. The minimum atomic E-state index is -0.0891. The molecule has 0 aliphatic heterocycles. The first-order valence-corrected chi connectivity index (χ1v) is 7.97. The molecule has 0 saturated heterocycles. The first kappa shape index (κ1) is 17.0. The van der Waals surface area contributed by atoms with Crippen LogP contribution < -0.4 is 0 Å². The van der Waals surface area contributed by atoms with Crippen LogP contribution in [-0.2, 0) is 0 Å². The quantitative estimate of drug-likeness (QED) is 0.650. The molecule has 0 spiro atoms. The van der Waals surface area contributed by atoms with Gasteiger partial charge in [-0.25, -0.2) is 0 Å². The van der Waals surface area contributed by atoms with Crippen LogP contribution in [0.5, 0.6) is 0 Å². The number of benzene rings is 1. The van der Waals surface area contributed by atoms with Crippen molar-refractivity contribution in [2.24, 2.45) is 0 Å². The van der Waals surface area contributed by atoms with E-state index in [0.717, 1.165) is 38.0 Å². The fourth-order valence-electron chi connectivity index (χ4n) is 2.53. The van der Waals surface area contributed by atoms with Crippen molar-refractivity contribution in [2.75, 3.05) is 19.6 Å². The van der Waals surface area contributed by atoms with Crippen LogP contribution in [0.2, 0.25) is 5.02 Å². The Morgan fingerprint density at radius 3 is 2.35 bits per heavy atom. The Labute approximate surface area is 128 Å². The zero-order valence-corrected chi connectivity index (χ0v) is 13.4. The third-order valence-electron chi connectivity index (χ3n) is 3.48. The van der Waals surface area contributed by atoms with E-state index < -0.39 is 0 Å². The van der Waals surface area contributed by atoms with Crippen LogP contribution in [0.3, 0.4) is 0 Å². The fraction of sp³-hybridized carbons (Fsp3) is 0.588. The summed E-state index contributed by atoms with van der Waals surface area (Å²) >= 11 is 6.18. The molecule has 0 aliphatic rings. The maximum atomic E-state index is 9.35. The van der Waals surface area contributed by atoms with Crippen LogP contribution >= 0.6 is 11.6 Å². The van der Waals surface area contributed by atoms with E-state index in [1.807, 2.05) is 24.3 Å². The highest BCUT2D eigenvalue weighted by Gasteiger charge is 2.14. The van der Waals surface area contributed by atoms with Gasteiger partial charge in [0.2, 0.25) is 0 Å². The number of hydrogen-bond acceptors (Lipinski definition) is 2. The summed E-state index contributed by atoms with van der Waals surface area (Å²) in [5, 5.41) is 10.1. The standard InChI is InChI=1S/C17H25ClN2/c1-3-11-20(12-4-2)13-7-8-15(14-19)16-9-5-6-10-17(16)18/h5-6,9-10,15H,3-4,7-8,11-13H2,1-2H3. The van der Waals surface area contributed by atoms with Crippen molar-refractivity contribution in [3.63, 3.8) is 0 Å². The molecule has 0 radical (unpaired) electrons. The first-order valence-electron chi connectivity index (χ1n) is 7.59. The number of halogens is 1. The molecule has 1 unspecified atom stereocenters. The molecule has 0 aliphatic carbocycles. The summed E-state index contributed by atoms with van der Waals surface area (Å²) in [6, 6.07) is 10.1. The maximum Gasteiger partial charge on any atom is 0.0727 e. The Bertz CT molecular complexity index is 419. The minimum Gasteiger partial charge on any atom is -0.303 e. The molecular weight excluding hydrogens is 268 g/mol. The number of nitriles is 1. The Balaban J connectivity index is 2.50. The highest BCUT2D eigenvalue weighted by molar-refractivity contribution is 6.31. The lowest BCUT2D eigenvalue weighted by atomic mass is 9.95. The van der Waals surface area contributed by atoms with E-state index in [2.05, 4.69) is 24.8 Å². The summed E-state index contributed by atoms with van der Waals surface area (Å²) in [4.78, 5) is 2.49. The molecule has 3 heteroatoms. The van der Waals surface area contributed by atoms with Gasteiger partial charge in [0.25, 0.3) is 0 Å². The normalized spacial score (nSPS) is 12.3. The lowest BCUT2D eigenvalue weighted by Gasteiger charge is -2.21. The Morgan fingerprint density at radius 2 is 1.80 bits per heavy atom. The van der Waals surface area contributed by atoms with Gasteiger partial charge in [-0.2, -0.15) is 5.26 Å². The highest BCUT2D eigenvalue weighted by Crippen LogP contribution is 2.27. The van der Waals surface area contributed by atoms with Crippen molar-refractivity contribution in [2.45, 2.75) is 45.4 Å². The molecule has 110 valence electrons. The van der Waals surface area contributed by atoms with E-state index in [1.165, 1.54) is 12.8 Å². The second kappa shape index (κ2) is 9.80. The van der Waals surface area contributed by atoms with E-state index in [9.17, 15) is 5.26 Å². The van der Waals surface area contributed by atoms with Crippen molar-refractivity contribution in [1.82, 2.24) is 4.90 Å². The minimum absolute atomic E-state index is 0.0891. The lowest BCUT2D eigenvalue weighted by molar-refractivity contribution is 0.268. The fourth-order valence-corrected chi connectivity index (χ4v) is 2.80. The van der Waals surface area contributed by atoms with Crippen LogP contribution in [0.4, 0.5) is 0 Å². The Hall–Kier alpha value is -1.04. The van der Waals surface area contributed by atoms with E-state index in [0.29, 0.717) is 5.02 Å². The molecule has 0 heterocycles. The molecule has 1 aromatic carbocycles. The van der Waals surface area contributed by atoms with Gasteiger partial charge < -0.3 is 4.90 Å². The molecule has 1 aromatic rings. The summed E-state index contributed by atoms with van der Waals surface area (Å²) in [5.74, 6) is -0.0891. The number of nitrogens with zero attached hydrogens (tertiary/aromatic N) is 2. The second-order valence-electron chi connectivity index (χ2n) is 5.19. The van der Waals surface area contributed by atoms with Crippen LogP contribution in [0.15, 0.2) is 24.3 Å². The molecule has 0 amide bonds.